The Hall–Kier alpha value is -1.81. The van der Waals surface area contributed by atoms with E-state index in [0.717, 1.165) is 16.8 Å². The topological polar surface area (TPSA) is 46.9 Å². The van der Waals surface area contributed by atoms with Crippen molar-refractivity contribution < 1.29 is 4.79 Å². The van der Waals surface area contributed by atoms with Crippen molar-refractivity contribution in [2.75, 3.05) is 5.32 Å². The van der Waals surface area contributed by atoms with Crippen LogP contribution in [0.15, 0.2) is 24.3 Å². The Kier molecular flexibility index (Phi) is 5.77. The quantitative estimate of drug-likeness (QED) is 0.908. The van der Waals surface area contributed by atoms with Crippen LogP contribution in [0.1, 0.15) is 26.3 Å². The average molecular weight is 294 g/mol. The zero-order valence-electron chi connectivity index (χ0n) is 12.5. The number of rotatable bonds is 2. The van der Waals surface area contributed by atoms with E-state index >= 15 is 0 Å². The maximum Gasteiger partial charge on any atom is 0.222 e. The van der Waals surface area contributed by atoms with E-state index in [9.17, 15) is 4.79 Å². The van der Waals surface area contributed by atoms with Crippen LogP contribution in [0, 0.1) is 6.92 Å². The number of aryl methyl sites for hydroxylation is 1. The van der Waals surface area contributed by atoms with Crippen LogP contribution in [0.4, 0.5) is 5.82 Å². The van der Waals surface area contributed by atoms with Gasteiger partial charge in [0.05, 0.1) is 10.7 Å². The lowest BCUT2D eigenvalue weighted by Crippen LogP contribution is -2.10. The number of halogens is 1. The lowest BCUT2D eigenvalue weighted by molar-refractivity contribution is -0.114. The molecule has 20 heavy (non-hydrogen) atoms. The standard InChI is InChI=1S/C13H14ClN3O.C2H6/c1-8-12(10-6-4-5-7-11(10)14)16-17(3)13(8)15-9(2)18;1-2/h4-7H,1-3H3,(H,15,18);1-2H3. The molecule has 0 aliphatic rings. The molecule has 0 bridgehead atoms. The van der Waals surface area contributed by atoms with Crippen LogP contribution in [0.5, 0.6) is 0 Å². The van der Waals surface area contributed by atoms with Gasteiger partial charge >= 0.3 is 0 Å². The smallest absolute Gasteiger partial charge is 0.222 e. The summed E-state index contributed by atoms with van der Waals surface area (Å²) in [6.45, 7) is 7.39. The molecule has 1 aromatic heterocycles. The second-order valence-corrected chi connectivity index (χ2v) is 4.51. The lowest BCUT2D eigenvalue weighted by Gasteiger charge is -2.03. The molecule has 4 nitrogen and oxygen atoms in total. The number of nitrogens with zero attached hydrogens (tertiary/aromatic N) is 2. The van der Waals surface area contributed by atoms with Crippen LogP contribution < -0.4 is 5.32 Å². The van der Waals surface area contributed by atoms with Crippen molar-refractivity contribution in [3.63, 3.8) is 0 Å². The molecule has 0 atom stereocenters. The Morgan fingerprint density at radius 3 is 2.45 bits per heavy atom. The molecule has 0 radical (unpaired) electrons. The van der Waals surface area contributed by atoms with E-state index in [1.54, 1.807) is 11.7 Å². The predicted molar refractivity (Wildman–Crippen MR) is 84.0 cm³/mol. The van der Waals surface area contributed by atoms with Gasteiger partial charge in [0.25, 0.3) is 0 Å². The van der Waals surface area contributed by atoms with Crippen LogP contribution in [0.25, 0.3) is 11.3 Å². The summed E-state index contributed by atoms with van der Waals surface area (Å²) in [5, 5.41) is 7.83. The molecule has 0 spiro atoms. The van der Waals surface area contributed by atoms with E-state index < -0.39 is 0 Å². The molecule has 0 saturated heterocycles. The third-order valence-electron chi connectivity index (χ3n) is 2.71. The highest BCUT2D eigenvalue weighted by Gasteiger charge is 2.16. The second kappa shape index (κ2) is 7.10. The highest BCUT2D eigenvalue weighted by atomic mass is 35.5. The first-order valence-electron chi connectivity index (χ1n) is 6.56. The number of amides is 1. The zero-order valence-corrected chi connectivity index (χ0v) is 13.2. The van der Waals surface area contributed by atoms with E-state index in [1.807, 2.05) is 45.0 Å². The fraction of sp³-hybridized carbons (Fsp3) is 0.333. The van der Waals surface area contributed by atoms with Gasteiger partial charge in [-0.2, -0.15) is 5.10 Å². The van der Waals surface area contributed by atoms with E-state index in [4.69, 9.17) is 11.6 Å². The van der Waals surface area contributed by atoms with E-state index in [1.165, 1.54) is 6.92 Å². The summed E-state index contributed by atoms with van der Waals surface area (Å²) in [6.07, 6.45) is 0. The molecule has 0 saturated carbocycles. The van der Waals surface area contributed by atoms with Gasteiger partial charge in [0.2, 0.25) is 5.91 Å². The monoisotopic (exact) mass is 293 g/mol. The second-order valence-electron chi connectivity index (χ2n) is 4.11. The summed E-state index contributed by atoms with van der Waals surface area (Å²) in [7, 11) is 1.79. The molecule has 2 rings (SSSR count). The van der Waals surface area contributed by atoms with Gasteiger partial charge in [-0.1, -0.05) is 43.6 Å². The van der Waals surface area contributed by atoms with E-state index in [-0.39, 0.29) is 5.91 Å². The van der Waals surface area contributed by atoms with Crippen molar-refractivity contribution in [1.82, 2.24) is 9.78 Å². The summed E-state index contributed by atoms with van der Waals surface area (Å²) in [6, 6.07) is 7.52. The number of hydrogen-bond donors (Lipinski definition) is 1. The van der Waals surface area contributed by atoms with Crippen molar-refractivity contribution >= 4 is 23.3 Å². The first-order valence-corrected chi connectivity index (χ1v) is 6.94. The molecule has 0 unspecified atom stereocenters. The largest absolute Gasteiger partial charge is 0.311 e. The number of benzene rings is 1. The molecule has 0 aliphatic carbocycles. The number of carbonyl (C=O) groups excluding carboxylic acids is 1. The number of nitrogens with one attached hydrogen (secondary N) is 1. The molecule has 5 heteroatoms. The summed E-state index contributed by atoms with van der Waals surface area (Å²) in [5.74, 6) is 0.573. The highest BCUT2D eigenvalue weighted by molar-refractivity contribution is 6.33. The van der Waals surface area contributed by atoms with Crippen LogP contribution in [-0.2, 0) is 11.8 Å². The minimum absolute atomic E-state index is 0.119. The number of anilines is 1. The average Bonchev–Trinajstić information content (AvgIpc) is 2.69. The fourth-order valence-corrected chi connectivity index (χ4v) is 2.11. The van der Waals surface area contributed by atoms with Gasteiger partial charge in [-0.3, -0.25) is 9.48 Å². The number of hydrogen-bond acceptors (Lipinski definition) is 2. The predicted octanol–water partition coefficient (Wildman–Crippen LogP) is 4.03. The Bertz CT molecular complexity index is 605. The van der Waals surface area contributed by atoms with Crippen LogP contribution >= 0.6 is 11.6 Å². The van der Waals surface area contributed by atoms with Gasteiger partial charge in [-0.15, -0.1) is 0 Å². The van der Waals surface area contributed by atoms with Crippen molar-refractivity contribution in [2.24, 2.45) is 7.05 Å². The van der Waals surface area contributed by atoms with Crippen molar-refractivity contribution in [3.05, 3.63) is 34.9 Å². The third-order valence-corrected chi connectivity index (χ3v) is 3.04. The van der Waals surface area contributed by atoms with Crippen molar-refractivity contribution in [3.8, 4) is 11.3 Å². The molecule has 1 heterocycles. The van der Waals surface area contributed by atoms with Gasteiger partial charge in [0.15, 0.2) is 0 Å². The molecule has 108 valence electrons. The fourth-order valence-electron chi connectivity index (χ4n) is 1.88. The zero-order chi connectivity index (χ0) is 15.3. The molecule has 1 amide bonds. The molecule has 1 N–H and O–H groups in total. The van der Waals surface area contributed by atoms with Gasteiger partial charge < -0.3 is 5.32 Å². The minimum Gasteiger partial charge on any atom is -0.311 e. The normalized spacial score (nSPS) is 9.70. The summed E-state index contributed by atoms with van der Waals surface area (Å²) < 4.78 is 1.65. The first kappa shape index (κ1) is 16.2. The highest BCUT2D eigenvalue weighted by Crippen LogP contribution is 2.32. The Labute approximate surface area is 124 Å². The Balaban J connectivity index is 0.000000956. The van der Waals surface area contributed by atoms with Gasteiger partial charge in [0, 0.05) is 25.1 Å². The van der Waals surface area contributed by atoms with Crippen molar-refractivity contribution in [1.29, 1.82) is 0 Å². The third kappa shape index (κ3) is 3.39. The van der Waals surface area contributed by atoms with E-state index in [2.05, 4.69) is 10.4 Å². The minimum atomic E-state index is -0.119. The van der Waals surface area contributed by atoms with E-state index in [0.29, 0.717) is 10.8 Å². The van der Waals surface area contributed by atoms with Crippen LogP contribution in [0.3, 0.4) is 0 Å². The first-order chi connectivity index (χ1) is 9.50. The maximum absolute atomic E-state index is 11.2. The Morgan fingerprint density at radius 2 is 1.90 bits per heavy atom. The summed E-state index contributed by atoms with van der Waals surface area (Å²) in [4.78, 5) is 11.2. The Morgan fingerprint density at radius 1 is 1.30 bits per heavy atom. The molecule has 1 aromatic carbocycles. The van der Waals surface area contributed by atoms with Gasteiger partial charge in [-0.25, -0.2) is 0 Å². The number of aromatic nitrogens is 2. The molecular formula is C15H20ClN3O. The van der Waals surface area contributed by atoms with Crippen LogP contribution in [-0.4, -0.2) is 15.7 Å². The van der Waals surface area contributed by atoms with Crippen LogP contribution in [0.2, 0.25) is 5.02 Å². The van der Waals surface area contributed by atoms with Crippen molar-refractivity contribution in [2.45, 2.75) is 27.7 Å². The number of carbonyl (C=O) groups is 1. The molecule has 2 aromatic rings. The molecular weight excluding hydrogens is 274 g/mol. The summed E-state index contributed by atoms with van der Waals surface area (Å²) >= 11 is 6.16. The molecule has 0 aliphatic heterocycles. The van der Waals surface area contributed by atoms with Gasteiger partial charge in [0.1, 0.15) is 5.82 Å². The maximum atomic E-state index is 11.2. The molecule has 0 fully saturated rings. The summed E-state index contributed by atoms with van der Waals surface area (Å²) in [5.41, 5.74) is 2.55. The van der Waals surface area contributed by atoms with Gasteiger partial charge in [-0.05, 0) is 13.0 Å². The SMILES string of the molecule is CC.CC(=O)Nc1c(C)c(-c2ccccc2Cl)nn1C. The lowest BCUT2D eigenvalue weighted by atomic mass is 10.1.